The van der Waals surface area contributed by atoms with Crippen LogP contribution in [0.5, 0.6) is 5.75 Å². The Hall–Kier alpha value is -1.42. The number of aryl methyl sites for hydroxylation is 2. The lowest BCUT2D eigenvalue weighted by Gasteiger charge is -2.45. The first-order chi connectivity index (χ1) is 11.0. The number of cyclic esters (lactones) is 1. The van der Waals surface area contributed by atoms with Gasteiger partial charge >= 0.3 is 5.97 Å². The minimum atomic E-state index is -0.0872. The van der Waals surface area contributed by atoms with Gasteiger partial charge in [-0.05, 0) is 50.5 Å². The van der Waals surface area contributed by atoms with E-state index in [1.54, 1.807) is 0 Å². The van der Waals surface area contributed by atoms with Gasteiger partial charge in [-0.2, -0.15) is 11.8 Å². The molecule has 0 bridgehead atoms. The van der Waals surface area contributed by atoms with Gasteiger partial charge in [0.15, 0.2) is 0 Å². The summed E-state index contributed by atoms with van der Waals surface area (Å²) >= 11 is 1.89. The van der Waals surface area contributed by atoms with Crippen LogP contribution in [0.15, 0.2) is 17.9 Å². The van der Waals surface area contributed by atoms with Crippen LogP contribution in [0.25, 0.3) is 0 Å². The molecule has 4 rings (SSSR count). The molecular weight excluding hydrogens is 308 g/mol. The van der Waals surface area contributed by atoms with Crippen LogP contribution in [0.2, 0.25) is 0 Å². The Morgan fingerprint density at radius 3 is 2.74 bits per heavy atom. The molecule has 1 saturated heterocycles. The van der Waals surface area contributed by atoms with Gasteiger partial charge in [-0.15, -0.1) is 0 Å². The zero-order chi connectivity index (χ0) is 16.3. The molecule has 0 spiro atoms. The number of hydrogen-bond acceptors (Lipinski definition) is 4. The van der Waals surface area contributed by atoms with Crippen LogP contribution in [-0.4, -0.2) is 23.6 Å². The highest BCUT2D eigenvalue weighted by molar-refractivity contribution is 8.00. The highest BCUT2D eigenvalue weighted by atomic mass is 32.2. The summed E-state index contributed by atoms with van der Waals surface area (Å²) in [5, 5.41) is 0.230. The summed E-state index contributed by atoms with van der Waals surface area (Å²) in [7, 11) is 0. The van der Waals surface area contributed by atoms with Crippen LogP contribution in [0.4, 0.5) is 0 Å². The molecule has 23 heavy (non-hydrogen) atoms. The van der Waals surface area contributed by atoms with E-state index in [1.807, 2.05) is 18.7 Å². The summed E-state index contributed by atoms with van der Waals surface area (Å²) in [6.45, 7) is 8.94. The Bertz CT molecular complexity index is 722. The third-order valence-corrected chi connectivity index (χ3v) is 6.92. The average molecular weight is 330 g/mol. The lowest BCUT2D eigenvalue weighted by atomic mass is 9.73. The summed E-state index contributed by atoms with van der Waals surface area (Å²) in [6.07, 6.45) is 2.11. The van der Waals surface area contributed by atoms with Gasteiger partial charge in [0.25, 0.3) is 0 Å². The average Bonchev–Trinajstić information content (AvgIpc) is 2.50. The highest BCUT2D eigenvalue weighted by Crippen LogP contribution is 2.52. The second kappa shape index (κ2) is 5.30. The molecule has 4 unspecified atom stereocenters. The summed E-state index contributed by atoms with van der Waals surface area (Å²) in [6, 6.07) is 2.20. The molecule has 4 atom stereocenters. The Morgan fingerprint density at radius 1 is 1.17 bits per heavy atom. The van der Waals surface area contributed by atoms with Crippen molar-refractivity contribution in [1.82, 2.24) is 0 Å². The van der Waals surface area contributed by atoms with Gasteiger partial charge in [-0.25, -0.2) is 0 Å². The first kappa shape index (κ1) is 15.1. The summed E-state index contributed by atoms with van der Waals surface area (Å²) in [5.41, 5.74) is 5.15. The van der Waals surface area contributed by atoms with E-state index in [0.717, 1.165) is 17.3 Å². The zero-order valence-electron chi connectivity index (χ0n) is 14.0. The van der Waals surface area contributed by atoms with E-state index in [2.05, 4.69) is 32.9 Å². The lowest BCUT2D eigenvalue weighted by Crippen LogP contribution is -2.47. The summed E-state index contributed by atoms with van der Waals surface area (Å²) in [5.74, 6) is 3.25. The molecule has 122 valence electrons. The fraction of sp³-hybridized carbons (Fsp3) is 0.526. The lowest BCUT2D eigenvalue weighted by molar-refractivity contribution is -0.148. The molecule has 1 fully saturated rings. The van der Waals surface area contributed by atoms with E-state index in [-0.39, 0.29) is 23.1 Å². The molecular formula is C19H22O3S. The molecule has 3 nitrogen and oxygen atoms in total. The van der Waals surface area contributed by atoms with Gasteiger partial charge in [0.1, 0.15) is 11.5 Å². The van der Waals surface area contributed by atoms with Crippen molar-refractivity contribution in [2.75, 3.05) is 12.4 Å². The standard InChI is InChI=1S/C19H22O3S/c1-9-5-10(2)18-16(12(9)4)14-8-23-15-6-11(3)22-19(20)17(15)13(14)7-21-18/h5-6,13-15,17H,7-8H2,1-4H3. The maximum Gasteiger partial charge on any atom is 0.315 e. The second-order valence-electron chi connectivity index (χ2n) is 6.98. The van der Waals surface area contributed by atoms with Gasteiger partial charge in [0, 0.05) is 28.4 Å². The predicted molar refractivity (Wildman–Crippen MR) is 92.0 cm³/mol. The first-order valence-electron chi connectivity index (χ1n) is 8.22. The molecule has 1 aromatic carbocycles. The smallest absolute Gasteiger partial charge is 0.315 e. The number of allylic oxidation sites excluding steroid dienone is 1. The molecule has 0 N–H and O–H groups in total. The van der Waals surface area contributed by atoms with Gasteiger partial charge in [-0.1, -0.05) is 6.07 Å². The molecule has 3 aliphatic heterocycles. The first-order valence-corrected chi connectivity index (χ1v) is 9.27. The molecule has 4 heteroatoms. The molecule has 0 radical (unpaired) electrons. The number of carbonyl (C=O) groups is 1. The van der Waals surface area contributed by atoms with Gasteiger partial charge in [0.05, 0.1) is 12.5 Å². The zero-order valence-corrected chi connectivity index (χ0v) is 14.8. The Labute approximate surface area is 141 Å². The van der Waals surface area contributed by atoms with Gasteiger partial charge < -0.3 is 9.47 Å². The van der Waals surface area contributed by atoms with E-state index >= 15 is 0 Å². The van der Waals surface area contributed by atoms with Crippen LogP contribution in [0.3, 0.4) is 0 Å². The van der Waals surface area contributed by atoms with Crippen LogP contribution in [-0.2, 0) is 9.53 Å². The van der Waals surface area contributed by atoms with Crippen molar-refractivity contribution in [3.05, 3.63) is 40.2 Å². The normalized spacial score (nSPS) is 32.0. The number of fused-ring (bicyclic) bond motifs is 5. The quantitative estimate of drug-likeness (QED) is 0.676. The number of carbonyl (C=O) groups excluding carboxylic acids is 1. The number of thioether (sulfide) groups is 1. The Kier molecular flexibility index (Phi) is 3.49. The van der Waals surface area contributed by atoms with Gasteiger partial charge in [-0.3, -0.25) is 4.79 Å². The third kappa shape index (κ3) is 2.22. The summed E-state index contributed by atoms with van der Waals surface area (Å²) < 4.78 is 11.6. The minimum Gasteiger partial charge on any atom is -0.493 e. The number of hydrogen-bond donors (Lipinski definition) is 0. The van der Waals surface area contributed by atoms with E-state index in [1.165, 1.54) is 22.3 Å². The topological polar surface area (TPSA) is 35.5 Å². The van der Waals surface area contributed by atoms with Crippen molar-refractivity contribution in [2.24, 2.45) is 11.8 Å². The Balaban J connectivity index is 1.79. The van der Waals surface area contributed by atoms with Crippen molar-refractivity contribution in [3.63, 3.8) is 0 Å². The van der Waals surface area contributed by atoms with Crippen LogP contribution in [0.1, 0.15) is 35.1 Å². The maximum atomic E-state index is 12.5. The molecule has 0 amide bonds. The maximum absolute atomic E-state index is 12.5. The number of esters is 1. The largest absolute Gasteiger partial charge is 0.493 e. The number of ether oxygens (including phenoxy) is 2. The number of benzene rings is 1. The van der Waals surface area contributed by atoms with Crippen molar-refractivity contribution < 1.29 is 14.3 Å². The second-order valence-corrected chi connectivity index (χ2v) is 8.19. The molecule has 0 aromatic heterocycles. The van der Waals surface area contributed by atoms with Gasteiger partial charge in [0.2, 0.25) is 0 Å². The molecule has 0 saturated carbocycles. The molecule has 1 aromatic rings. The SMILES string of the molecule is CC1=CC2SCC3c4c(C)c(C)cc(C)c4OCC3C2C(=O)O1. The molecule has 0 aliphatic carbocycles. The van der Waals surface area contributed by atoms with Crippen LogP contribution in [0, 0.1) is 32.6 Å². The van der Waals surface area contributed by atoms with E-state index < -0.39 is 0 Å². The minimum absolute atomic E-state index is 0.0775. The summed E-state index contributed by atoms with van der Waals surface area (Å²) in [4.78, 5) is 12.5. The third-order valence-electron chi connectivity index (χ3n) is 5.56. The van der Waals surface area contributed by atoms with E-state index in [4.69, 9.17) is 9.47 Å². The van der Waals surface area contributed by atoms with E-state index in [9.17, 15) is 4.79 Å². The fourth-order valence-electron chi connectivity index (χ4n) is 4.32. The van der Waals surface area contributed by atoms with Crippen molar-refractivity contribution >= 4 is 17.7 Å². The molecule has 3 heterocycles. The number of rotatable bonds is 0. The fourth-order valence-corrected chi connectivity index (χ4v) is 5.97. The van der Waals surface area contributed by atoms with Crippen molar-refractivity contribution in [1.29, 1.82) is 0 Å². The van der Waals surface area contributed by atoms with Crippen LogP contribution >= 0.6 is 11.8 Å². The highest BCUT2D eigenvalue weighted by Gasteiger charge is 2.49. The van der Waals surface area contributed by atoms with Crippen molar-refractivity contribution in [2.45, 2.75) is 38.9 Å². The van der Waals surface area contributed by atoms with Crippen LogP contribution < -0.4 is 4.74 Å². The predicted octanol–water partition coefficient (Wildman–Crippen LogP) is 3.90. The van der Waals surface area contributed by atoms with Crippen molar-refractivity contribution in [3.8, 4) is 5.75 Å². The monoisotopic (exact) mass is 330 g/mol. The van der Waals surface area contributed by atoms with E-state index in [0.29, 0.717) is 12.5 Å². The molecule has 3 aliphatic rings. The Morgan fingerprint density at radius 2 is 1.96 bits per heavy atom.